The van der Waals surface area contributed by atoms with E-state index in [0.29, 0.717) is 43.2 Å². The Balaban J connectivity index is 1.43. The molecule has 3 N–H and O–H groups in total. The first-order chi connectivity index (χ1) is 21.6. The molecule has 0 fully saturated rings. The maximum atomic E-state index is 14.1. The van der Waals surface area contributed by atoms with E-state index in [2.05, 4.69) is 10.9 Å². The summed E-state index contributed by atoms with van der Waals surface area (Å²) in [6, 6.07) is 33.2. The predicted octanol–water partition coefficient (Wildman–Crippen LogP) is 5.81. The van der Waals surface area contributed by atoms with Gasteiger partial charge < -0.3 is 14.6 Å². The first kappa shape index (κ1) is 30.7. The standard InChI is InChI=1S/C36H36FN3O4/c37-31-16-7-12-28(26-31)21-23-38-40-35(42)36(22-8-13-27-10-3-1-4-11-27)33(29-14-5-2-6-15-29)44-34(39-36)30-17-19-32(20-18-30)43-25-9-24-41/h1-8,10-20,26,33,38,41H,9,21-25H2,(H,40,42)/b13-8+/t33-,36-/m0/s1. The van der Waals surface area contributed by atoms with Crippen molar-refractivity contribution in [1.82, 2.24) is 10.9 Å². The Morgan fingerprint density at radius 1 is 0.977 bits per heavy atom. The van der Waals surface area contributed by atoms with Gasteiger partial charge in [-0.15, -0.1) is 0 Å². The van der Waals surface area contributed by atoms with Gasteiger partial charge in [0.15, 0.2) is 11.6 Å². The number of nitrogens with zero attached hydrogens (tertiary/aromatic N) is 1. The topological polar surface area (TPSA) is 92.2 Å². The second kappa shape index (κ2) is 15.1. The number of nitrogens with one attached hydrogen (secondary N) is 2. The van der Waals surface area contributed by atoms with Crippen LogP contribution in [0.5, 0.6) is 5.75 Å². The van der Waals surface area contributed by atoms with Crippen molar-refractivity contribution in [3.05, 3.63) is 143 Å². The Bertz CT molecular complexity index is 1560. The van der Waals surface area contributed by atoms with Gasteiger partial charge in [0.1, 0.15) is 11.6 Å². The molecule has 0 radical (unpaired) electrons. The molecule has 0 spiro atoms. The maximum Gasteiger partial charge on any atom is 0.266 e. The minimum absolute atomic E-state index is 0.0616. The van der Waals surface area contributed by atoms with E-state index in [4.69, 9.17) is 19.6 Å². The summed E-state index contributed by atoms with van der Waals surface area (Å²) in [6.45, 7) is 0.870. The number of ether oxygens (including phenoxy) is 2. The van der Waals surface area contributed by atoms with Gasteiger partial charge in [-0.1, -0.05) is 84.9 Å². The zero-order valence-electron chi connectivity index (χ0n) is 24.4. The van der Waals surface area contributed by atoms with Crippen LogP contribution in [-0.4, -0.2) is 42.2 Å². The third-order valence-electron chi connectivity index (χ3n) is 7.30. The highest BCUT2D eigenvalue weighted by Crippen LogP contribution is 2.42. The fourth-order valence-electron chi connectivity index (χ4n) is 5.03. The molecule has 1 aliphatic rings. The van der Waals surface area contributed by atoms with Crippen molar-refractivity contribution in [3.63, 3.8) is 0 Å². The zero-order valence-corrected chi connectivity index (χ0v) is 24.4. The van der Waals surface area contributed by atoms with Gasteiger partial charge in [-0.05, 0) is 59.5 Å². The number of aliphatic imine (C=N–C) groups is 1. The van der Waals surface area contributed by atoms with E-state index < -0.39 is 11.6 Å². The molecule has 8 heteroatoms. The van der Waals surface area contributed by atoms with E-state index in [1.807, 2.05) is 103 Å². The third kappa shape index (κ3) is 7.78. The molecule has 5 rings (SSSR count). The number of rotatable bonds is 14. The lowest BCUT2D eigenvalue weighted by atomic mass is 9.84. The van der Waals surface area contributed by atoms with Gasteiger partial charge in [-0.3, -0.25) is 10.2 Å². The van der Waals surface area contributed by atoms with Crippen molar-refractivity contribution >= 4 is 17.9 Å². The lowest BCUT2D eigenvalue weighted by Gasteiger charge is -2.29. The van der Waals surface area contributed by atoms with Crippen LogP contribution in [0.15, 0.2) is 120 Å². The molecule has 0 saturated heterocycles. The second-order valence-electron chi connectivity index (χ2n) is 10.5. The minimum atomic E-state index is -1.33. The number of hydrazine groups is 1. The van der Waals surface area contributed by atoms with E-state index in [-0.39, 0.29) is 24.8 Å². The van der Waals surface area contributed by atoms with Crippen molar-refractivity contribution < 1.29 is 23.8 Å². The highest BCUT2D eigenvalue weighted by Gasteiger charge is 2.52. The quantitative estimate of drug-likeness (QED) is 0.127. The van der Waals surface area contributed by atoms with Crippen molar-refractivity contribution in [1.29, 1.82) is 0 Å². The average Bonchev–Trinajstić information content (AvgIpc) is 3.45. The molecule has 226 valence electrons. The number of hydrogen-bond acceptors (Lipinski definition) is 6. The Labute approximate surface area is 257 Å². The number of amides is 1. The Hall–Kier alpha value is -4.79. The summed E-state index contributed by atoms with van der Waals surface area (Å²) in [6.07, 6.45) is 4.56. The molecular formula is C36H36FN3O4. The number of hydrogen-bond donors (Lipinski definition) is 3. The van der Waals surface area contributed by atoms with Crippen LogP contribution >= 0.6 is 0 Å². The smallest absolute Gasteiger partial charge is 0.266 e. The summed E-state index contributed by atoms with van der Waals surface area (Å²) in [5.41, 5.74) is 7.91. The van der Waals surface area contributed by atoms with Gasteiger partial charge in [0.2, 0.25) is 5.90 Å². The van der Waals surface area contributed by atoms with E-state index >= 15 is 0 Å². The molecule has 44 heavy (non-hydrogen) atoms. The van der Waals surface area contributed by atoms with E-state index in [1.54, 1.807) is 6.07 Å². The first-order valence-corrected chi connectivity index (χ1v) is 14.7. The lowest BCUT2D eigenvalue weighted by Crippen LogP contribution is -2.52. The SMILES string of the molecule is O=C(NNCCc1cccc(F)c1)[C@@]1(C/C=C/c2ccccc2)N=C(c2ccc(OCCCO)cc2)O[C@H]1c1ccccc1. The van der Waals surface area contributed by atoms with Crippen LogP contribution in [0.2, 0.25) is 0 Å². The molecule has 2 atom stereocenters. The molecule has 4 aromatic carbocycles. The number of aliphatic hydroxyl groups is 1. The normalized spacial score (nSPS) is 17.7. The summed E-state index contributed by atoms with van der Waals surface area (Å²) >= 11 is 0. The van der Waals surface area contributed by atoms with Crippen molar-refractivity contribution in [2.24, 2.45) is 4.99 Å². The molecule has 1 heterocycles. The van der Waals surface area contributed by atoms with Gasteiger partial charge in [0.25, 0.3) is 5.91 Å². The molecule has 0 bridgehead atoms. The van der Waals surface area contributed by atoms with Gasteiger partial charge in [-0.25, -0.2) is 14.8 Å². The van der Waals surface area contributed by atoms with Crippen LogP contribution in [0.25, 0.3) is 6.08 Å². The number of benzene rings is 4. The van der Waals surface area contributed by atoms with E-state index in [9.17, 15) is 9.18 Å². The molecule has 1 aliphatic heterocycles. The Morgan fingerprint density at radius 2 is 1.73 bits per heavy atom. The molecule has 0 aliphatic carbocycles. The number of carbonyl (C=O) groups excluding carboxylic acids is 1. The zero-order chi connectivity index (χ0) is 30.6. The van der Waals surface area contributed by atoms with Crippen molar-refractivity contribution in [2.75, 3.05) is 19.8 Å². The summed E-state index contributed by atoms with van der Waals surface area (Å²) in [5.74, 6) is 0.375. The van der Waals surface area contributed by atoms with Gasteiger partial charge in [-0.2, -0.15) is 0 Å². The van der Waals surface area contributed by atoms with Crippen LogP contribution in [-0.2, 0) is 16.0 Å². The van der Waals surface area contributed by atoms with E-state index in [0.717, 1.165) is 16.7 Å². The van der Waals surface area contributed by atoms with Crippen LogP contribution < -0.4 is 15.6 Å². The number of carbonyl (C=O) groups is 1. The van der Waals surface area contributed by atoms with Crippen LogP contribution in [0.4, 0.5) is 4.39 Å². The summed E-state index contributed by atoms with van der Waals surface area (Å²) in [4.78, 5) is 19.1. The molecule has 1 amide bonds. The largest absolute Gasteiger partial charge is 0.494 e. The lowest BCUT2D eigenvalue weighted by molar-refractivity contribution is -0.129. The summed E-state index contributed by atoms with van der Waals surface area (Å²) in [5, 5.41) is 9.03. The molecule has 0 saturated carbocycles. The van der Waals surface area contributed by atoms with Crippen LogP contribution in [0, 0.1) is 5.82 Å². The number of halogens is 1. The molecule has 0 aromatic heterocycles. The third-order valence-corrected chi connectivity index (χ3v) is 7.30. The second-order valence-corrected chi connectivity index (χ2v) is 10.5. The Kier molecular flexibility index (Phi) is 10.5. The highest BCUT2D eigenvalue weighted by atomic mass is 19.1. The van der Waals surface area contributed by atoms with Crippen LogP contribution in [0.1, 0.15) is 41.2 Å². The van der Waals surface area contributed by atoms with Crippen molar-refractivity contribution in [3.8, 4) is 5.75 Å². The van der Waals surface area contributed by atoms with Gasteiger partial charge >= 0.3 is 0 Å². The monoisotopic (exact) mass is 593 g/mol. The molecular weight excluding hydrogens is 557 g/mol. The highest BCUT2D eigenvalue weighted by molar-refractivity contribution is 6.01. The van der Waals surface area contributed by atoms with Gasteiger partial charge in [0.05, 0.1) is 6.61 Å². The molecule has 0 unspecified atom stereocenters. The maximum absolute atomic E-state index is 14.1. The predicted molar refractivity (Wildman–Crippen MR) is 170 cm³/mol. The average molecular weight is 594 g/mol. The fraction of sp³-hybridized carbons (Fsp3) is 0.222. The summed E-state index contributed by atoms with van der Waals surface area (Å²) < 4.78 is 25.8. The van der Waals surface area contributed by atoms with Gasteiger partial charge in [0, 0.05) is 31.6 Å². The van der Waals surface area contributed by atoms with Crippen molar-refractivity contribution in [2.45, 2.75) is 30.9 Å². The Morgan fingerprint density at radius 3 is 2.45 bits per heavy atom. The number of aliphatic hydroxyl groups excluding tert-OH is 1. The first-order valence-electron chi connectivity index (χ1n) is 14.7. The molecule has 4 aromatic rings. The minimum Gasteiger partial charge on any atom is -0.494 e. The summed E-state index contributed by atoms with van der Waals surface area (Å²) in [7, 11) is 0. The van der Waals surface area contributed by atoms with E-state index in [1.165, 1.54) is 12.1 Å². The molecule has 7 nitrogen and oxygen atoms in total. The van der Waals surface area contributed by atoms with Crippen LogP contribution in [0.3, 0.4) is 0 Å². The fourth-order valence-corrected chi connectivity index (χ4v) is 5.03.